The Balaban J connectivity index is 1.86. The molecule has 4 rings (SSSR count). The number of allylic oxidation sites excluding steroid dienone is 1. The van der Waals surface area contributed by atoms with Gasteiger partial charge in [0, 0.05) is 5.41 Å². The SMILES string of the molecule is Nc1nc2c(ncn2[C@H]2C=C[C@]3(CO)C[C@H]23)c(=O)[nH]1. The first-order chi connectivity index (χ1) is 9.14. The summed E-state index contributed by atoms with van der Waals surface area (Å²) in [6.45, 7) is 0.160. The minimum absolute atomic E-state index is 0.0754. The van der Waals surface area contributed by atoms with Gasteiger partial charge in [-0.05, 0) is 12.3 Å². The van der Waals surface area contributed by atoms with E-state index in [0.717, 1.165) is 6.42 Å². The number of aliphatic hydroxyl groups is 1. The predicted octanol–water partition coefficient (Wildman–Crippen LogP) is -0.189. The van der Waals surface area contributed by atoms with Crippen molar-refractivity contribution >= 4 is 17.1 Å². The van der Waals surface area contributed by atoms with Gasteiger partial charge in [0.25, 0.3) is 5.56 Å². The monoisotopic (exact) mass is 259 g/mol. The number of aromatic nitrogens is 4. The number of fused-ring (bicyclic) bond motifs is 2. The first kappa shape index (κ1) is 10.7. The Hall–Kier alpha value is -2.15. The summed E-state index contributed by atoms with van der Waals surface area (Å²) < 4.78 is 1.87. The Morgan fingerprint density at radius 1 is 1.63 bits per heavy atom. The van der Waals surface area contributed by atoms with Gasteiger partial charge in [0.1, 0.15) is 0 Å². The number of nitrogens with two attached hydrogens (primary N) is 1. The van der Waals surface area contributed by atoms with Crippen LogP contribution in [-0.4, -0.2) is 31.2 Å². The maximum absolute atomic E-state index is 11.7. The van der Waals surface area contributed by atoms with E-state index >= 15 is 0 Å². The molecule has 0 aliphatic heterocycles. The van der Waals surface area contributed by atoms with Crippen molar-refractivity contribution in [3.05, 3.63) is 28.8 Å². The van der Waals surface area contributed by atoms with Crippen LogP contribution in [0.4, 0.5) is 5.95 Å². The number of anilines is 1. The van der Waals surface area contributed by atoms with Crippen molar-refractivity contribution in [1.82, 2.24) is 19.5 Å². The maximum atomic E-state index is 11.7. The van der Waals surface area contributed by atoms with Crippen LogP contribution in [0.3, 0.4) is 0 Å². The summed E-state index contributed by atoms with van der Waals surface area (Å²) >= 11 is 0. The van der Waals surface area contributed by atoms with Gasteiger partial charge >= 0.3 is 0 Å². The molecule has 0 bridgehead atoms. The standard InChI is InChI=1S/C12H13N5O2/c13-11-15-9-8(10(19)16-11)14-5-17(9)7-1-2-12(4-18)3-6(7)12/h1-2,5-7,18H,3-4H2,(H3,13,15,16,19)/t6-,7+,12-/m1/s1. The number of rotatable bonds is 2. The number of hydrogen-bond acceptors (Lipinski definition) is 5. The number of nitrogen functional groups attached to an aromatic ring is 1. The summed E-state index contributed by atoms with van der Waals surface area (Å²) in [5.74, 6) is 0.447. The van der Waals surface area contributed by atoms with Crippen LogP contribution in [0.5, 0.6) is 0 Å². The summed E-state index contributed by atoms with van der Waals surface area (Å²) in [4.78, 5) is 22.4. The second-order valence-electron chi connectivity index (χ2n) is 5.33. The molecule has 1 saturated carbocycles. The van der Waals surface area contributed by atoms with Crippen molar-refractivity contribution in [3.63, 3.8) is 0 Å². The minimum atomic E-state index is -0.326. The lowest BCUT2D eigenvalue weighted by Crippen LogP contribution is -2.14. The first-order valence-corrected chi connectivity index (χ1v) is 6.17. The summed E-state index contributed by atoms with van der Waals surface area (Å²) in [7, 11) is 0. The Kier molecular flexibility index (Phi) is 1.83. The fourth-order valence-electron chi connectivity index (χ4n) is 3.11. The van der Waals surface area contributed by atoms with E-state index in [0.29, 0.717) is 17.1 Å². The Morgan fingerprint density at radius 3 is 3.16 bits per heavy atom. The van der Waals surface area contributed by atoms with Crippen LogP contribution in [0.25, 0.3) is 11.2 Å². The molecular weight excluding hydrogens is 246 g/mol. The van der Waals surface area contributed by atoms with Crippen LogP contribution in [0.1, 0.15) is 12.5 Å². The minimum Gasteiger partial charge on any atom is -0.395 e. The molecule has 0 amide bonds. The largest absolute Gasteiger partial charge is 0.395 e. The number of nitrogens with one attached hydrogen (secondary N) is 1. The van der Waals surface area contributed by atoms with Crippen molar-refractivity contribution < 1.29 is 5.11 Å². The average molecular weight is 259 g/mol. The van der Waals surface area contributed by atoms with Gasteiger partial charge in [-0.1, -0.05) is 12.2 Å². The van der Waals surface area contributed by atoms with Gasteiger partial charge in [0.2, 0.25) is 5.95 Å². The Morgan fingerprint density at radius 2 is 2.47 bits per heavy atom. The lowest BCUT2D eigenvalue weighted by molar-refractivity contribution is 0.230. The maximum Gasteiger partial charge on any atom is 0.280 e. The molecule has 7 heteroatoms. The van der Waals surface area contributed by atoms with Crippen LogP contribution >= 0.6 is 0 Å². The third-order valence-corrected chi connectivity index (χ3v) is 4.28. The molecule has 1 fully saturated rings. The molecule has 98 valence electrons. The van der Waals surface area contributed by atoms with Crippen LogP contribution in [0.15, 0.2) is 23.3 Å². The zero-order valence-corrected chi connectivity index (χ0v) is 10.1. The van der Waals surface area contributed by atoms with Crippen LogP contribution in [0, 0.1) is 11.3 Å². The smallest absolute Gasteiger partial charge is 0.280 e. The van der Waals surface area contributed by atoms with E-state index in [9.17, 15) is 9.90 Å². The van der Waals surface area contributed by atoms with Crippen molar-refractivity contribution in [1.29, 1.82) is 0 Å². The van der Waals surface area contributed by atoms with Gasteiger partial charge in [-0.2, -0.15) is 4.98 Å². The highest BCUT2D eigenvalue weighted by Crippen LogP contribution is 2.63. The van der Waals surface area contributed by atoms with Gasteiger partial charge in [0.05, 0.1) is 19.0 Å². The van der Waals surface area contributed by atoms with Crippen molar-refractivity contribution in [2.24, 2.45) is 11.3 Å². The number of imidazole rings is 1. The van der Waals surface area contributed by atoms with Crippen molar-refractivity contribution in [2.45, 2.75) is 12.5 Å². The van der Waals surface area contributed by atoms with Gasteiger partial charge in [-0.3, -0.25) is 9.78 Å². The molecule has 0 unspecified atom stereocenters. The highest BCUT2D eigenvalue weighted by atomic mass is 16.3. The summed E-state index contributed by atoms with van der Waals surface area (Å²) in [6.07, 6.45) is 6.69. The molecule has 2 aromatic rings. The number of aliphatic hydroxyl groups excluding tert-OH is 1. The lowest BCUT2D eigenvalue weighted by Gasteiger charge is -2.12. The summed E-state index contributed by atoms with van der Waals surface area (Å²) in [5.41, 5.74) is 5.97. The van der Waals surface area contributed by atoms with Gasteiger partial charge in [-0.25, -0.2) is 4.98 Å². The normalized spacial score (nSPS) is 31.8. The van der Waals surface area contributed by atoms with E-state index in [1.165, 1.54) is 0 Å². The molecule has 2 aromatic heterocycles. The zero-order chi connectivity index (χ0) is 13.2. The molecule has 3 atom stereocenters. The van der Waals surface area contributed by atoms with Gasteiger partial charge < -0.3 is 15.4 Å². The van der Waals surface area contributed by atoms with Crippen LogP contribution in [-0.2, 0) is 0 Å². The highest BCUT2D eigenvalue weighted by molar-refractivity contribution is 5.71. The molecule has 0 radical (unpaired) electrons. The number of nitrogens with zero attached hydrogens (tertiary/aromatic N) is 3. The second-order valence-corrected chi connectivity index (χ2v) is 5.33. The van der Waals surface area contributed by atoms with E-state index in [1.807, 2.05) is 10.6 Å². The van der Waals surface area contributed by atoms with E-state index in [1.54, 1.807) is 6.33 Å². The first-order valence-electron chi connectivity index (χ1n) is 6.17. The molecule has 2 aliphatic carbocycles. The second kappa shape index (κ2) is 3.24. The van der Waals surface area contributed by atoms with Crippen molar-refractivity contribution in [2.75, 3.05) is 12.3 Å². The molecule has 19 heavy (non-hydrogen) atoms. The van der Waals surface area contributed by atoms with Gasteiger partial charge in [0.15, 0.2) is 11.2 Å². The topological polar surface area (TPSA) is 110 Å². The zero-order valence-electron chi connectivity index (χ0n) is 10.1. The fraction of sp³-hybridized carbons (Fsp3) is 0.417. The van der Waals surface area contributed by atoms with E-state index in [-0.39, 0.29) is 29.6 Å². The number of hydrogen-bond donors (Lipinski definition) is 3. The molecule has 0 aromatic carbocycles. The van der Waals surface area contributed by atoms with Crippen LogP contribution < -0.4 is 11.3 Å². The molecule has 4 N–H and O–H groups in total. The highest BCUT2D eigenvalue weighted by Gasteiger charge is 2.59. The third kappa shape index (κ3) is 1.27. The number of aromatic amines is 1. The summed E-state index contributed by atoms with van der Waals surface area (Å²) in [6, 6.07) is 0.0887. The summed E-state index contributed by atoms with van der Waals surface area (Å²) in [5, 5.41) is 9.42. The lowest BCUT2D eigenvalue weighted by atomic mass is 10.1. The van der Waals surface area contributed by atoms with Crippen molar-refractivity contribution in [3.8, 4) is 0 Å². The van der Waals surface area contributed by atoms with E-state index < -0.39 is 0 Å². The average Bonchev–Trinajstić information content (AvgIpc) is 2.76. The van der Waals surface area contributed by atoms with Gasteiger partial charge in [-0.15, -0.1) is 0 Å². The number of H-pyrrole nitrogens is 1. The van der Waals surface area contributed by atoms with E-state index in [4.69, 9.17) is 5.73 Å². The fourth-order valence-corrected chi connectivity index (χ4v) is 3.11. The molecule has 2 aliphatic rings. The van der Waals surface area contributed by atoms with E-state index in [2.05, 4.69) is 21.0 Å². The molecule has 0 saturated heterocycles. The quantitative estimate of drug-likeness (QED) is 0.647. The predicted molar refractivity (Wildman–Crippen MR) is 68.4 cm³/mol. The molecular formula is C12H13N5O2. The molecule has 0 spiro atoms. The Labute approximate surface area is 107 Å². The van der Waals surface area contributed by atoms with Crippen LogP contribution in [0.2, 0.25) is 0 Å². The Bertz CT molecular complexity index is 761. The third-order valence-electron chi connectivity index (χ3n) is 4.28. The molecule has 2 heterocycles. The molecule has 7 nitrogen and oxygen atoms in total.